The van der Waals surface area contributed by atoms with Crippen LogP contribution in [0, 0.1) is 13.8 Å². The molecular weight excluding hydrogens is 308 g/mol. The van der Waals surface area contributed by atoms with Gasteiger partial charge < -0.3 is 5.32 Å². The molecule has 0 unspecified atom stereocenters. The second kappa shape index (κ2) is 6.26. The lowest BCUT2D eigenvalue weighted by atomic mass is 10.1. The van der Waals surface area contributed by atoms with Gasteiger partial charge in [-0.3, -0.25) is 14.2 Å². The fraction of sp³-hybridized carbons (Fsp3) is 0.400. The topological polar surface area (TPSA) is 95.5 Å². The molecule has 0 radical (unpaired) electrons. The Morgan fingerprint density at radius 1 is 1.25 bits per heavy atom. The Bertz CT molecular complexity index is 872. The number of hydrogen-bond donors (Lipinski definition) is 1. The Kier molecular flexibility index (Phi) is 4.15. The van der Waals surface area contributed by atoms with Crippen LogP contribution in [0.1, 0.15) is 18.3 Å². The zero-order valence-corrected chi connectivity index (χ0v) is 14.2. The van der Waals surface area contributed by atoms with E-state index in [2.05, 4.69) is 25.7 Å². The predicted molar refractivity (Wildman–Crippen MR) is 88.2 cm³/mol. The van der Waals surface area contributed by atoms with Crippen LogP contribution in [-0.4, -0.2) is 40.5 Å². The fourth-order valence-corrected chi connectivity index (χ4v) is 2.56. The summed E-state index contributed by atoms with van der Waals surface area (Å²) >= 11 is 0. The first-order chi connectivity index (χ1) is 11.5. The summed E-state index contributed by atoms with van der Waals surface area (Å²) in [5.41, 5.74) is 3.77. The second-order valence-electron chi connectivity index (χ2n) is 5.53. The molecule has 24 heavy (non-hydrogen) atoms. The van der Waals surface area contributed by atoms with Crippen molar-refractivity contribution < 1.29 is 4.79 Å². The molecule has 3 heterocycles. The lowest BCUT2D eigenvalue weighted by Crippen LogP contribution is -2.19. The molecule has 0 aromatic carbocycles. The van der Waals surface area contributed by atoms with Crippen molar-refractivity contribution in [3.05, 3.63) is 29.8 Å². The summed E-state index contributed by atoms with van der Waals surface area (Å²) in [5.74, 6) is 0.237. The molecule has 9 nitrogen and oxygen atoms in total. The molecule has 0 aliphatic rings. The summed E-state index contributed by atoms with van der Waals surface area (Å²) in [7, 11) is 1.90. The van der Waals surface area contributed by atoms with Crippen molar-refractivity contribution in [1.29, 1.82) is 0 Å². The summed E-state index contributed by atoms with van der Waals surface area (Å²) in [6.07, 6.45) is 3.31. The SMILES string of the molecule is CCn1ncc(NC(=O)Cn2ccc(-c3c(C)nn(C)c3C)n2)n1. The molecule has 3 rings (SSSR count). The first kappa shape index (κ1) is 15.9. The van der Waals surface area contributed by atoms with E-state index in [1.54, 1.807) is 10.9 Å². The maximum absolute atomic E-state index is 12.1. The monoisotopic (exact) mass is 328 g/mol. The van der Waals surface area contributed by atoms with Gasteiger partial charge in [-0.1, -0.05) is 0 Å². The Hall–Kier alpha value is -2.97. The lowest BCUT2D eigenvalue weighted by Gasteiger charge is -2.02. The summed E-state index contributed by atoms with van der Waals surface area (Å²) in [6, 6.07) is 1.89. The third kappa shape index (κ3) is 3.05. The molecular formula is C15H20N8O. The van der Waals surface area contributed by atoms with Gasteiger partial charge in [0.2, 0.25) is 5.91 Å². The van der Waals surface area contributed by atoms with Crippen LogP contribution in [0.3, 0.4) is 0 Å². The average molecular weight is 328 g/mol. The summed E-state index contributed by atoms with van der Waals surface area (Å²) in [5, 5.41) is 19.7. The summed E-state index contributed by atoms with van der Waals surface area (Å²) < 4.78 is 3.42. The third-order valence-electron chi connectivity index (χ3n) is 3.80. The van der Waals surface area contributed by atoms with Crippen LogP contribution in [0.2, 0.25) is 0 Å². The van der Waals surface area contributed by atoms with Crippen molar-refractivity contribution in [3.8, 4) is 11.3 Å². The van der Waals surface area contributed by atoms with Gasteiger partial charge in [0, 0.05) is 24.5 Å². The van der Waals surface area contributed by atoms with E-state index in [1.165, 1.54) is 11.0 Å². The third-order valence-corrected chi connectivity index (χ3v) is 3.80. The van der Waals surface area contributed by atoms with Crippen molar-refractivity contribution in [2.45, 2.75) is 33.9 Å². The van der Waals surface area contributed by atoms with Crippen molar-refractivity contribution in [2.24, 2.45) is 7.05 Å². The standard InChI is InChI=1S/C15H20N8O/c1-5-23-16-8-13(20-23)17-14(24)9-22-7-6-12(19-22)15-10(2)18-21(4)11(15)3/h6-8H,5,9H2,1-4H3,(H,17,20,24). The highest BCUT2D eigenvalue weighted by Gasteiger charge is 2.15. The van der Waals surface area contributed by atoms with Crippen LogP contribution >= 0.6 is 0 Å². The number of carbonyl (C=O) groups is 1. The van der Waals surface area contributed by atoms with Crippen molar-refractivity contribution >= 4 is 11.7 Å². The highest BCUT2D eigenvalue weighted by Crippen LogP contribution is 2.24. The van der Waals surface area contributed by atoms with E-state index in [-0.39, 0.29) is 12.5 Å². The molecule has 1 N–H and O–H groups in total. The molecule has 1 amide bonds. The van der Waals surface area contributed by atoms with E-state index in [0.29, 0.717) is 12.4 Å². The molecule has 0 aliphatic heterocycles. The number of anilines is 1. The highest BCUT2D eigenvalue weighted by molar-refractivity contribution is 5.89. The second-order valence-corrected chi connectivity index (χ2v) is 5.53. The normalized spacial score (nSPS) is 11.0. The van der Waals surface area contributed by atoms with Crippen LogP contribution in [0.4, 0.5) is 5.82 Å². The van der Waals surface area contributed by atoms with Gasteiger partial charge in [-0.05, 0) is 26.8 Å². The number of nitrogens with zero attached hydrogens (tertiary/aromatic N) is 7. The highest BCUT2D eigenvalue weighted by atomic mass is 16.2. The summed E-state index contributed by atoms with van der Waals surface area (Å²) in [6.45, 7) is 6.64. The largest absolute Gasteiger partial charge is 0.306 e. The van der Waals surface area contributed by atoms with Crippen LogP contribution in [-0.2, 0) is 24.9 Å². The van der Waals surface area contributed by atoms with E-state index in [1.807, 2.05) is 38.6 Å². The van der Waals surface area contributed by atoms with Crippen molar-refractivity contribution in [3.63, 3.8) is 0 Å². The number of rotatable bonds is 5. The van der Waals surface area contributed by atoms with Crippen LogP contribution in [0.15, 0.2) is 18.5 Å². The number of nitrogens with one attached hydrogen (secondary N) is 1. The van der Waals surface area contributed by atoms with Crippen molar-refractivity contribution in [1.82, 2.24) is 34.6 Å². The number of hydrogen-bond acceptors (Lipinski definition) is 5. The van der Waals surface area contributed by atoms with Crippen LogP contribution in [0.5, 0.6) is 0 Å². The minimum atomic E-state index is -0.201. The first-order valence-electron chi connectivity index (χ1n) is 7.72. The maximum atomic E-state index is 12.1. The molecule has 0 saturated carbocycles. The minimum Gasteiger partial charge on any atom is -0.306 e. The molecule has 126 valence electrons. The Balaban J connectivity index is 1.70. The fourth-order valence-electron chi connectivity index (χ4n) is 2.56. The Labute approximate surface area is 139 Å². The van der Waals surface area contributed by atoms with Gasteiger partial charge >= 0.3 is 0 Å². The first-order valence-corrected chi connectivity index (χ1v) is 7.72. The molecule has 0 bridgehead atoms. The zero-order chi connectivity index (χ0) is 17.3. The van der Waals surface area contributed by atoms with Gasteiger partial charge in [0.25, 0.3) is 0 Å². The quantitative estimate of drug-likeness (QED) is 0.758. The molecule has 0 atom stereocenters. The van der Waals surface area contributed by atoms with E-state index in [4.69, 9.17) is 0 Å². The minimum absolute atomic E-state index is 0.108. The Morgan fingerprint density at radius 3 is 2.67 bits per heavy atom. The number of aromatic nitrogens is 7. The number of amides is 1. The van der Waals surface area contributed by atoms with E-state index >= 15 is 0 Å². The van der Waals surface area contributed by atoms with Gasteiger partial charge in [0.05, 0.1) is 24.1 Å². The van der Waals surface area contributed by atoms with E-state index in [9.17, 15) is 4.79 Å². The van der Waals surface area contributed by atoms with Crippen LogP contribution < -0.4 is 5.32 Å². The van der Waals surface area contributed by atoms with Crippen LogP contribution in [0.25, 0.3) is 11.3 Å². The van der Waals surface area contributed by atoms with Gasteiger partial charge in [-0.15, -0.1) is 5.10 Å². The number of carbonyl (C=O) groups excluding carboxylic acids is 1. The Morgan fingerprint density at radius 2 is 2.04 bits per heavy atom. The average Bonchev–Trinajstić information content (AvgIpc) is 3.21. The van der Waals surface area contributed by atoms with Gasteiger partial charge in [0.1, 0.15) is 6.54 Å². The zero-order valence-electron chi connectivity index (χ0n) is 14.2. The summed E-state index contributed by atoms with van der Waals surface area (Å²) in [4.78, 5) is 13.6. The number of aryl methyl sites for hydroxylation is 3. The smallest absolute Gasteiger partial charge is 0.247 e. The lowest BCUT2D eigenvalue weighted by molar-refractivity contribution is -0.116. The molecule has 3 aromatic heterocycles. The van der Waals surface area contributed by atoms with Gasteiger partial charge in [0.15, 0.2) is 5.82 Å². The van der Waals surface area contributed by atoms with E-state index in [0.717, 1.165) is 22.6 Å². The molecule has 0 spiro atoms. The molecule has 0 saturated heterocycles. The van der Waals surface area contributed by atoms with Gasteiger partial charge in [-0.25, -0.2) is 0 Å². The molecule has 0 fully saturated rings. The van der Waals surface area contributed by atoms with Crippen molar-refractivity contribution in [2.75, 3.05) is 5.32 Å². The molecule has 0 aliphatic carbocycles. The molecule has 3 aromatic rings. The molecule has 9 heteroatoms. The van der Waals surface area contributed by atoms with E-state index < -0.39 is 0 Å². The predicted octanol–water partition coefficient (Wildman–Crippen LogP) is 1.15. The van der Waals surface area contributed by atoms with Gasteiger partial charge in [-0.2, -0.15) is 20.1 Å². The maximum Gasteiger partial charge on any atom is 0.247 e.